The second kappa shape index (κ2) is 10.8. The first-order chi connectivity index (χ1) is 18.3. The molecule has 4 aromatic carbocycles. The van der Waals surface area contributed by atoms with Crippen LogP contribution in [0.25, 0.3) is 21.9 Å². The van der Waals surface area contributed by atoms with E-state index in [9.17, 15) is 18.3 Å². The number of sulfonamides is 1. The zero-order chi connectivity index (χ0) is 26.7. The van der Waals surface area contributed by atoms with Crippen LogP contribution in [-0.4, -0.2) is 49.7 Å². The van der Waals surface area contributed by atoms with E-state index in [-0.39, 0.29) is 18.2 Å². The van der Waals surface area contributed by atoms with Crippen molar-refractivity contribution in [2.24, 2.45) is 5.14 Å². The fourth-order valence-electron chi connectivity index (χ4n) is 4.80. The van der Waals surface area contributed by atoms with Crippen molar-refractivity contribution in [1.29, 1.82) is 0 Å². The molecule has 5 N–H and O–H groups in total. The van der Waals surface area contributed by atoms with Crippen molar-refractivity contribution in [2.75, 3.05) is 36.0 Å². The van der Waals surface area contributed by atoms with E-state index in [0.717, 1.165) is 38.8 Å². The summed E-state index contributed by atoms with van der Waals surface area (Å²) in [5.41, 5.74) is 5.31. The van der Waals surface area contributed by atoms with Gasteiger partial charge in [0.25, 0.3) is 5.91 Å². The number of aliphatic hydroxyl groups excluding tert-OH is 1. The van der Waals surface area contributed by atoms with Gasteiger partial charge in [-0.25, -0.2) is 13.6 Å². The molecule has 5 rings (SSSR count). The van der Waals surface area contributed by atoms with Crippen LogP contribution in [0.3, 0.4) is 0 Å². The van der Waals surface area contributed by atoms with E-state index in [0.29, 0.717) is 25.1 Å². The lowest BCUT2D eigenvalue weighted by atomic mass is 9.93. The van der Waals surface area contributed by atoms with Crippen molar-refractivity contribution in [3.63, 3.8) is 0 Å². The van der Waals surface area contributed by atoms with Crippen molar-refractivity contribution in [2.45, 2.75) is 12.6 Å². The van der Waals surface area contributed by atoms with E-state index < -0.39 is 16.3 Å². The summed E-state index contributed by atoms with van der Waals surface area (Å²) in [7, 11) is -3.48. The van der Waals surface area contributed by atoms with Gasteiger partial charge in [-0.05, 0) is 53.3 Å². The third kappa shape index (κ3) is 5.65. The summed E-state index contributed by atoms with van der Waals surface area (Å²) in [6, 6.07) is 27.2. The average Bonchev–Trinajstić information content (AvgIpc) is 2.91. The highest BCUT2D eigenvalue weighted by Gasteiger charge is 2.32. The largest absolute Gasteiger partial charge is 0.385 e. The number of nitrogens with zero attached hydrogens (tertiary/aromatic N) is 1. The van der Waals surface area contributed by atoms with Gasteiger partial charge in [-0.15, -0.1) is 0 Å². The van der Waals surface area contributed by atoms with Gasteiger partial charge in [-0.2, -0.15) is 0 Å². The maximum atomic E-state index is 13.1. The average molecular weight is 531 g/mol. The summed E-state index contributed by atoms with van der Waals surface area (Å²) in [5, 5.41) is 24.2. The van der Waals surface area contributed by atoms with Crippen LogP contribution in [0.5, 0.6) is 0 Å². The molecule has 0 saturated carbocycles. The second-order valence-electron chi connectivity index (χ2n) is 9.35. The van der Waals surface area contributed by atoms with Crippen molar-refractivity contribution < 1.29 is 18.3 Å². The molecule has 38 heavy (non-hydrogen) atoms. The van der Waals surface area contributed by atoms with Crippen molar-refractivity contribution >= 4 is 38.1 Å². The Labute approximate surface area is 222 Å². The number of benzene rings is 4. The van der Waals surface area contributed by atoms with E-state index >= 15 is 0 Å². The molecular formula is C29H30N4O4S. The molecule has 0 spiro atoms. The molecule has 0 aromatic heterocycles. The van der Waals surface area contributed by atoms with Crippen LogP contribution in [0.1, 0.15) is 28.6 Å². The Morgan fingerprint density at radius 3 is 2.00 bits per heavy atom. The third-order valence-electron chi connectivity index (χ3n) is 6.73. The predicted octanol–water partition coefficient (Wildman–Crippen LogP) is 4.16. The molecule has 1 aliphatic heterocycles. The minimum absolute atomic E-state index is 0.122. The van der Waals surface area contributed by atoms with Gasteiger partial charge in [-0.3, -0.25) is 4.79 Å². The Kier molecular flexibility index (Phi) is 7.33. The number of nitrogens with one attached hydrogen (secondary N) is 2. The number of amides is 1. The summed E-state index contributed by atoms with van der Waals surface area (Å²) in [5.74, 6) is -0.264. The molecule has 0 radical (unpaired) electrons. The number of carbonyl (C=O) groups excluding carboxylic acids is 1. The Morgan fingerprint density at radius 2 is 1.39 bits per heavy atom. The van der Waals surface area contributed by atoms with Gasteiger partial charge in [0.05, 0.1) is 5.75 Å². The van der Waals surface area contributed by atoms with Crippen LogP contribution in [0.4, 0.5) is 11.4 Å². The molecule has 4 aromatic rings. The molecule has 196 valence electrons. The van der Waals surface area contributed by atoms with E-state index in [1.165, 1.54) is 4.90 Å². The SMILES string of the molecule is NS(=O)(=O)CCNc1ccc(-c2ccc(NCCCN3C(=O)c4cccc5cccc(c45)C3O)cc2)cc1. The van der Waals surface area contributed by atoms with E-state index in [1.807, 2.05) is 84.9 Å². The van der Waals surface area contributed by atoms with E-state index in [4.69, 9.17) is 5.14 Å². The number of aliphatic hydroxyl groups is 1. The lowest BCUT2D eigenvalue weighted by Gasteiger charge is -2.33. The van der Waals surface area contributed by atoms with Crippen LogP contribution >= 0.6 is 0 Å². The summed E-state index contributed by atoms with van der Waals surface area (Å²) in [6.45, 7) is 1.35. The number of anilines is 2. The lowest BCUT2D eigenvalue weighted by Crippen LogP contribution is -2.39. The number of rotatable bonds is 10. The van der Waals surface area contributed by atoms with Gasteiger partial charge >= 0.3 is 0 Å². The van der Waals surface area contributed by atoms with Crippen molar-refractivity contribution in [1.82, 2.24) is 4.90 Å². The van der Waals surface area contributed by atoms with Crippen molar-refractivity contribution in [3.05, 3.63) is 96.1 Å². The molecule has 9 heteroatoms. The van der Waals surface area contributed by atoms with Crippen LogP contribution in [0.2, 0.25) is 0 Å². The molecule has 1 amide bonds. The first-order valence-electron chi connectivity index (χ1n) is 12.5. The number of hydrogen-bond donors (Lipinski definition) is 4. The van der Waals surface area contributed by atoms with E-state index in [2.05, 4.69) is 10.6 Å². The molecule has 1 aliphatic rings. The number of hydrogen-bond acceptors (Lipinski definition) is 6. The van der Waals surface area contributed by atoms with Crippen LogP contribution in [-0.2, 0) is 10.0 Å². The monoisotopic (exact) mass is 530 g/mol. The summed E-state index contributed by atoms with van der Waals surface area (Å²) in [6.07, 6.45) is -0.265. The predicted molar refractivity (Wildman–Crippen MR) is 151 cm³/mol. The summed E-state index contributed by atoms with van der Waals surface area (Å²) in [4.78, 5) is 14.6. The molecule has 8 nitrogen and oxygen atoms in total. The second-order valence-corrected chi connectivity index (χ2v) is 11.1. The van der Waals surface area contributed by atoms with Gasteiger partial charge in [0.1, 0.15) is 0 Å². The van der Waals surface area contributed by atoms with Gasteiger partial charge in [0, 0.05) is 47.5 Å². The Bertz CT molecular complexity index is 1550. The molecule has 0 saturated heterocycles. The number of nitrogens with two attached hydrogens (primary N) is 1. The van der Waals surface area contributed by atoms with Gasteiger partial charge < -0.3 is 20.6 Å². The van der Waals surface area contributed by atoms with Gasteiger partial charge in [0.15, 0.2) is 6.23 Å². The smallest absolute Gasteiger partial charge is 0.256 e. The van der Waals surface area contributed by atoms with Crippen LogP contribution in [0.15, 0.2) is 84.9 Å². The normalized spacial score (nSPS) is 15.1. The quantitative estimate of drug-likeness (QED) is 0.228. The lowest BCUT2D eigenvalue weighted by molar-refractivity contribution is 0.00484. The molecule has 1 unspecified atom stereocenters. The third-order valence-corrected chi connectivity index (χ3v) is 7.50. The Balaban J connectivity index is 1.13. The summed E-state index contributed by atoms with van der Waals surface area (Å²) >= 11 is 0. The highest BCUT2D eigenvalue weighted by atomic mass is 32.2. The standard InChI is InChI=1S/C29H30N4O4S/c30-38(36,37)19-17-32-24-14-10-21(11-15-24)20-8-12-23(13-9-20)31-16-3-18-33-28(34)25-6-1-4-22-5-2-7-26(27(22)25)29(33)35/h1-2,4-15,28,31-32,34H,3,16-19H2,(H2,30,36,37). The van der Waals surface area contributed by atoms with E-state index in [1.54, 1.807) is 0 Å². The van der Waals surface area contributed by atoms with Crippen molar-refractivity contribution in [3.8, 4) is 11.1 Å². The topological polar surface area (TPSA) is 125 Å². The minimum atomic E-state index is -3.48. The zero-order valence-electron chi connectivity index (χ0n) is 20.8. The molecular weight excluding hydrogens is 500 g/mol. The molecule has 0 aliphatic carbocycles. The molecule has 0 fully saturated rings. The summed E-state index contributed by atoms with van der Waals surface area (Å²) < 4.78 is 22.1. The maximum Gasteiger partial charge on any atom is 0.256 e. The Hall–Kier alpha value is -3.92. The zero-order valence-corrected chi connectivity index (χ0v) is 21.6. The van der Waals surface area contributed by atoms with Crippen LogP contribution in [0, 0.1) is 0 Å². The maximum absolute atomic E-state index is 13.1. The molecule has 1 atom stereocenters. The number of carbonyl (C=O) groups is 1. The Morgan fingerprint density at radius 1 is 0.816 bits per heavy atom. The minimum Gasteiger partial charge on any atom is -0.385 e. The van der Waals surface area contributed by atoms with Crippen LogP contribution < -0.4 is 15.8 Å². The highest BCUT2D eigenvalue weighted by molar-refractivity contribution is 7.89. The molecule has 0 bridgehead atoms. The number of primary sulfonamides is 1. The van der Waals surface area contributed by atoms with Gasteiger partial charge in [0.2, 0.25) is 10.0 Å². The first-order valence-corrected chi connectivity index (χ1v) is 14.2. The fraction of sp³-hybridized carbons (Fsp3) is 0.207. The highest BCUT2D eigenvalue weighted by Crippen LogP contribution is 2.35. The molecule has 1 heterocycles. The fourth-order valence-corrected chi connectivity index (χ4v) is 5.19. The van der Waals surface area contributed by atoms with Gasteiger partial charge in [-0.1, -0.05) is 54.6 Å². The first kappa shape index (κ1) is 25.7.